The van der Waals surface area contributed by atoms with Gasteiger partial charge < -0.3 is 9.84 Å². The van der Waals surface area contributed by atoms with Crippen LogP contribution in [-0.4, -0.2) is 17.3 Å². The molecule has 1 N–H and O–H groups in total. The molecule has 2 nitrogen and oxygen atoms in total. The molecule has 0 aliphatic carbocycles. The van der Waals surface area contributed by atoms with Gasteiger partial charge in [-0.1, -0.05) is 18.7 Å². The van der Waals surface area contributed by atoms with Crippen LogP contribution in [0.2, 0.25) is 0 Å². The minimum absolute atomic E-state index is 0.167. The highest BCUT2D eigenvalue weighted by molar-refractivity contribution is 5.63. The van der Waals surface area contributed by atoms with Gasteiger partial charge in [0.2, 0.25) is 0 Å². The molecule has 0 amide bonds. The number of allylic oxidation sites excluding steroid dienone is 1. The van der Waals surface area contributed by atoms with Gasteiger partial charge in [-0.05, 0) is 63.3 Å². The second kappa shape index (κ2) is 6.60. The van der Waals surface area contributed by atoms with E-state index >= 15 is 0 Å². The number of ether oxygens (including phenoxy) is 1. The number of unbranched alkanes of at least 4 members (excludes halogenated alkanes) is 1. The summed E-state index contributed by atoms with van der Waals surface area (Å²) in [7, 11) is 0. The summed E-state index contributed by atoms with van der Waals surface area (Å²) in [4.78, 5) is 0. The Kier molecular flexibility index (Phi) is 5.42. The van der Waals surface area contributed by atoms with Crippen molar-refractivity contribution in [1.82, 2.24) is 0 Å². The van der Waals surface area contributed by atoms with Crippen LogP contribution in [-0.2, 0) is 0 Å². The molecule has 100 valence electrons. The Bertz CT molecular complexity index is 371. The lowest BCUT2D eigenvalue weighted by atomic mass is 10.0. The molecule has 18 heavy (non-hydrogen) atoms. The Morgan fingerprint density at radius 1 is 1.17 bits per heavy atom. The summed E-state index contributed by atoms with van der Waals surface area (Å²) in [6.45, 7) is 10.4. The third-order valence-electron chi connectivity index (χ3n) is 2.57. The first-order chi connectivity index (χ1) is 8.42. The molecule has 1 rings (SSSR count). The van der Waals surface area contributed by atoms with Crippen molar-refractivity contribution >= 4 is 5.57 Å². The Balaban J connectivity index is 2.57. The zero-order valence-corrected chi connectivity index (χ0v) is 11.7. The molecule has 0 spiro atoms. The number of hydrogen-bond donors (Lipinski definition) is 1. The molecule has 2 heteroatoms. The number of benzene rings is 1. The highest BCUT2D eigenvalue weighted by Crippen LogP contribution is 2.23. The van der Waals surface area contributed by atoms with Gasteiger partial charge in [0, 0.05) is 6.61 Å². The summed E-state index contributed by atoms with van der Waals surface area (Å²) >= 11 is 0. The smallest absolute Gasteiger partial charge is 0.120 e. The molecule has 0 heterocycles. The lowest BCUT2D eigenvalue weighted by molar-refractivity contribution is 0.131. The van der Waals surface area contributed by atoms with Crippen LogP contribution < -0.4 is 4.74 Å². The largest absolute Gasteiger partial charge is 0.488 e. The van der Waals surface area contributed by atoms with E-state index in [-0.39, 0.29) is 12.2 Å². The van der Waals surface area contributed by atoms with E-state index in [2.05, 4.69) is 6.58 Å². The molecule has 1 aromatic carbocycles. The topological polar surface area (TPSA) is 29.5 Å². The molecule has 1 aromatic rings. The summed E-state index contributed by atoms with van der Waals surface area (Å²) in [6, 6.07) is 8.06. The van der Waals surface area contributed by atoms with Crippen LogP contribution in [0.4, 0.5) is 0 Å². The monoisotopic (exact) mass is 248 g/mol. The first-order valence-corrected chi connectivity index (χ1v) is 6.50. The highest BCUT2D eigenvalue weighted by Gasteiger charge is 2.11. The van der Waals surface area contributed by atoms with Crippen molar-refractivity contribution in [2.24, 2.45) is 0 Å². The molecule has 0 atom stereocenters. The zero-order valence-electron chi connectivity index (χ0n) is 11.7. The summed E-state index contributed by atoms with van der Waals surface area (Å²) in [5, 5.41) is 8.75. The van der Waals surface area contributed by atoms with E-state index in [1.54, 1.807) is 0 Å². The highest BCUT2D eigenvalue weighted by atomic mass is 16.5. The van der Waals surface area contributed by atoms with E-state index in [1.807, 2.05) is 45.0 Å². The van der Waals surface area contributed by atoms with Gasteiger partial charge in [0.25, 0.3) is 0 Å². The Labute approximate surface area is 110 Å². The fraction of sp³-hybridized carbons (Fsp3) is 0.500. The maximum atomic E-state index is 8.75. The van der Waals surface area contributed by atoms with E-state index in [0.717, 1.165) is 36.1 Å². The van der Waals surface area contributed by atoms with Gasteiger partial charge in [0.15, 0.2) is 0 Å². The molecule has 0 unspecified atom stereocenters. The van der Waals surface area contributed by atoms with Crippen LogP contribution in [0.5, 0.6) is 5.75 Å². The average Bonchev–Trinajstić information content (AvgIpc) is 2.28. The van der Waals surface area contributed by atoms with E-state index in [4.69, 9.17) is 9.84 Å². The van der Waals surface area contributed by atoms with Crippen molar-refractivity contribution in [3.05, 3.63) is 36.4 Å². The van der Waals surface area contributed by atoms with E-state index in [0.29, 0.717) is 0 Å². The summed E-state index contributed by atoms with van der Waals surface area (Å²) in [6.07, 6.45) is 2.75. The predicted octanol–water partition coefficient (Wildman–Crippen LogP) is 4.04. The molecular weight excluding hydrogens is 224 g/mol. The first kappa shape index (κ1) is 14.8. The van der Waals surface area contributed by atoms with Crippen molar-refractivity contribution in [2.75, 3.05) is 6.61 Å². The molecule has 0 aliphatic heterocycles. The molecule has 0 bridgehead atoms. The molecule has 0 aliphatic rings. The van der Waals surface area contributed by atoms with Crippen LogP contribution in [0.25, 0.3) is 5.57 Å². The van der Waals surface area contributed by atoms with Crippen molar-refractivity contribution in [3.8, 4) is 5.75 Å². The molecule has 0 saturated carbocycles. The number of rotatable bonds is 6. The first-order valence-electron chi connectivity index (χ1n) is 6.50. The molecular formula is C16H24O2. The summed E-state index contributed by atoms with van der Waals surface area (Å²) in [5.41, 5.74) is 2.10. The molecule has 0 saturated heterocycles. The maximum Gasteiger partial charge on any atom is 0.120 e. The van der Waals surface area contributed by atoms with Crippen LogP contribution >= 0.6 is 0 Å². The number of aliphatic hydroxyl groups is 1. The number of aliphatic hydroxyl groups excluding tert-OH is 1. The van der Waals surface area contributed by atoms with E-state index < -0.39 is 0 Å². The summed E-state index contributed by atoms with van der Waals surface area (Å²) in [5.74, 6) is 0.884. The third kappa shape index (κ3) is 5.37. The quantitative estimate of drug-likeness (QED) is 0.770. The standard InChI is InChI=1S/C16H24O2/c1-13(7-5-6-12-17)14-8-10-15(11-9-14)18-16(2,3)4/h8-11,17H,1,5-7,12H2,2-4H3. The Morgan fingerprint density at radius 2 is 1.78 bits per heavy atom. The van der Waals surface area contributed by atoms with Gasteiger partial charge in [-0.15, -0.1) is 0 Å². The van der Waals surface area contributed by atoms with Gasteiger partial charge in [-0.3, -0.25) is 0 Å². The van der Waals surface area contributed by atoms with Crippen molar-refractivity contribution in [1.29, 1.82) is 0 Å². The van der Waals surface area contributed by atoms with E-state index in [9.17, 15) is 0 Å². The van der Waals surface area contributed by atoms with Crippen LogP contribution in [0.3, 0.4) is 0 Å². The van der Waals surface area contributed by atoms with Crippen molar-refractivity contribution in [3.63, 3.8) is 0 Å². The lowest BCUT2D eigenvalue weighted by Gasteiger charge is -2.21. The van der Waals surface area contributed by atoms with Gasteiger partial charge in [0.1, 0.15) is 11.4 Å². The zero-order chi connectivity index (χ0) is 13.6. The second-order valence-corrected chi connectivity index (χ2v) is 5.52. The van der Waals surface area contributed by atoms with Gasteiger partial charge in [-0.25, -0.2) is 0 Å². The SMILES string of the molecule is C=C(CCCCO)c1ccc(OC(C)(C)C)cc1. The maximum absolute atomic E-state index is 8.75. The summed E-state index contributed by atoms with van der Waals surface area (Å²) < 4.78 is 5.77. The fourth-order valence-electron chi connectivity index (χ4n) is 1.71. The normalized spacial score (nSPS) is 11.3. The molecule has 0 fully saturated rings. The Hall–Kier alpha value is -1.28. The average molecular weight is 248 g/mol. The molecule has 0 aromatic heterocycles. The predicted molar refractivity (Wildman–Crippen MR) is 76.8 cm³/mol. The van der Waals surface area contributed by atoms with Crippen molar-refractivity contribution in [2.45, 2.75) is 45.6 Å². The Morgan fingerprint density at radius 3 is 2.28 bits per heavy atom. The number of hydrogen-bond acceptors (Lipinski definition) is 2. The van der Waals surface area contributed by atoms with Crippen LogP contribution in [0.1, 0.15) is 45.6 Å². The van der Waals surface area contributed by atoms with Gasteiger partial charge in [0.05, 0.1) is 0 Å². The minimum Gasteiger partial charge on any atom is -0.488 e. The third-order valence-corrected chi connectivity index (χ3v) is 2.57. The van der Waals surface area contributed by atoms with Crippen LogP contribution in [0.15, 0.2) is 30.8 Å². The van der Waals surface area contributed by atoms with E-state index in [1.165, 1.54) is 0 Å². The lowest BCUT2D eigenvalue weighted by Crippen LogP contribution is -2.22. The molecule has 0 radical (unpaired) electrons. The van der Waals surface area contributed by atoms with Crippen LogP contribution in [0, 0.1) is 0 Å². The van der Waals surface area contributed by atoms with Gasteiger partial charge >= 0.3 is 0 Å². The minimum atomic E-state index is -0.167. The second-order valence-electron chi connectivity index (χ2n) is 5.52. The fourth-order valence-corrected chi connectivity index (χ4v) is 1.71. The van der Waals surface area contributed by atoms with Gasteiger partial charge in [-0.2, -0.15) is 0 Å². The van der Waals surface area contributed by atoms with Crippen molar-refractivity contribution < 1.29 is 9.84 Å².